The number of hydrogen-bond donors (Lipinski definition) is 0. The normalized spacial score (nSPS) is 20.1. The molecule has 186 valence electrons. The zero-order chi connectivity index (χ0) is 24.9. The monoisotopic (exact) mass is 484 g/mol. The van der Waals surface area contributed by atoms with Gasteiger partial charge in [-0.1, -0.05) is 66.8 Å². The van der Waals surface area contributed by atoms with Crippen LogP contribution in [0.5, 0.6) is 0 Å². The van der Waals surface area contributed by atoms with Crippen LogP contribution < -0.4 is 0 Å². The number of hydrogen-bond acceptors (Lipinski definition) is 5. The van der Waals surface area contributed by atoms with E-state index >= 15 is 0 Å². The third-order valence-corrected chi connectivity index (χ3v) is 7.18. The maximum absolute atomic E-state index is 13.8. The number of tetrazole rings is 1. The Balaban J connectivity index is 1.36. The van der Waals surface area contributed by atoms with Crippen molar-refractivity contribution >= 4 is 6.08 Å². The molecule has 2 atom stereocenters. The van der Waals surface area contributed by atoms with E-state index in [0.717, 1.165) is 55.4 Å². The summed E-state index contributed by atoms with van der Waals surface area (Å²) in [6.07, 6.45) is 10.3. The Morgan fingerprint density at radius 3 is 2.44 bits per heavy atom. The quantitative estimate of drug-likeness (QED) is 0.468. The van der Waals surface area contributed by atoms with E-state index in [-0.39, 0.29) is 17.8 Å². The van der Waals surface area contributed by atoms with Crippen LogP contribution in [0.25, 0.3) is 11.8 Å². The van der Waals surface area contributed by atoms with Crippen molar-refractivity contribution in [2.75, 3.05) is 32.7 Å². The van der Waals surface area contributed by atoms with Crippen molar-refractivity contribution in [2.45, 2.75) is 26.3 Å². The molecular formula is C29H33FN6. The van der Waals surface area contributed by atoms with E-state index in [0.29, 0.717) is 6.42 Å². The third-order valence-electron chi connectivity index (χ3n) is 7.18. The summed E-state index contributed by atoms with van der Waals surface area (Å²) in [7, 11) is 0. The standard InChI is InChI=1S/C29H33FN6/c1-22-8-6-9-23(2)27(22)36-29(31-32-33-36)28(25-13-15-26(30)16-14-25)35-20-18-34(19-21-35)17-7-12-24-10-4-3-5-11-24/h3-13,15-16,25,28H,14,17-21H2,1-2H3/b12-7+/t25?,28-/m0/s1. The molecule has 0 spiro atoms. The topological polar surface area (TPSA) is 50.1 Å². The highest BCUT2D eigenvalue weighted by atomic mass is 19.1. The smallest absolute Gasteiger partial charge is 0.174 e. The highest BCUT2D eigenvalue weighted by Crippen LogP contribution is 2.36. The van der Waals surface area contributed by atoms with Gasteiger partial charge in [0, 0.05) is 38.6 Å². The van der Waals surface area contributed by atoms with E-state index in [9.17, 15) is 4.39 Å². The number of piperazine rings is 1. The molecule has 1 aromatic heterocycles. The van der Waals surface area contributed by atoms with Crippen LogP contribution >= 0.6 is 0 Å². The number of aromatic nitrogens is 4. The Kier molecular flexibility index (Phi) is 7.49. The fourth-order valence-corrected chi connectivity index (χ4v) is 5.27. The first-order valence-corrected chi connectivity index (χ1v) is 12.7. The molecule has 0 radical (unpaired) electrons. The summed E-state index contributed by atoms with van der Waals surface area (Å²) in [6, 6.07) is 16.6. The number of allylic oxidation sites excluding steroid dienone is 3. The van der Waals surface area contributed by atoms with Crippen molar-refractivity contribution in [3.05, 3.63) is 101 Å². The molecule has 1 fully saturated rings. The van der Waals surface area contributed by atoms with E-state index in [4.69, 9.17) is 0 Å². The average molecular weight is 485 g/mol. The third kappa shape index (κ3) is 5.37. The molecule has 7 heteroatoms. The van der Waals surface area contributed by atoms with E-state index in [2.05, 4.69) is 93.8 Å². The van der Waals surface area contributed by atoms with Gasteiger partial charge in [-0.25, -0.2) is 4.39 Å². The summed E-state index contributed by atoms with van der Waals surface area (Å²) in [4.78, 5) is 4.94. The van der Waals surface area contributed by atoms with Gasteiger partial charge in [-0.3, -0.25) is 9.80 Å². The molecule has 5 rings (SSSR count). The first-order chi connectivity index (χ1) is 17.6. The van der Waals surface area contributed by atoms with Crippen molar-refractivity contribution in [1.29, 1.82) is 0 Å². The molecule has 0 saturated carbocycles. The molecule has 0 N–H and O–H groups in total. The predicted molar refractivity (Wildman–Crippen MR) is 141 cm³/mol. The van der Waals surface area contributed by atoms with Crippen LogP contribution in [-0.2, 0) is 0 Å². The molecule has 1 aliphatic carbocycles. The molecule has 2 heterocycles. The summed E-state index contributed by atoms with van der Waals surface area (Å²) < 4.78 is 15.7. The molecular weight excluding hydrogens is 451 g/mol. The number of benzene rings is 2. The maximum Gasteiger partial charge on any atom is 0.174 e. The van der Waals surface area contributed by atoms with Gasteiger partial charge in [0.15, 0.2) is 5.82 Å². The lowest BCUT2D eigenvalue weighted by Gasteiger charge is -2.41. The van der Waals surface area contributed by atoms with Gasteiger partial charge < -0.3 is 0 Å². The molecule has 2 aliphatic rings. The molecule has 0 bridgehead atoms. The van der Waals surface area contributed by atoms with E-state index in [1.807, 2.05) is 16.8 Å². The fourth-order valence-electron chi connectivity index (χ4n) is 5.27. The molecule has 1 unspecified atom stereocenters. The predicted octanol–water partition coefficient (Wildman–Crippen LogP) is 5.08. The zero-order valence-corrected chi connectivity index (χ0v) is 21.0. The summed E-state index contributed by atoms with van der Waals surface area (Å²) in [5.74, 6) is 0.743. The Morgan fingerprint density at radius 2 is 1.75 bits per heavy atom. The number of aryl methyl sites for hydroxylation is 2. The molecule has 3 aromatic rings. The summed E-state index contributed by atoms with van der Waals surface area (Å²) >= 11 is 0. The van der Waals surface area contributed by atoms with Gasteiger partial charge in [0.25, 0.3) is 0 Å². The van der Waals surface area contributed by atoms with Crippen LogP contribution in [0.15, 0.2) is 78.7 Å². The summed E-state index contributed by atoms with van der Waals surface area (Å²) in [5, 5.41) is 13.0. The number of halogens is 1. The molecule has 2 aromatic carbocycles. The minimum atomic E-state index is -0.172. The van der Waals surface area contributed by atoms with E-state index in [1.165, 1.54) is 5.56 Å². The van der Waals surface area contributed by atoms with Crippen molar-refractivity contribution < 1.29 is 4.39 Å². The van der Waals surface area contributed by atoms with Crippen LogP contribution in [0.2, 0.25) is 0 Å². The summed E-state index contributed by atoms with van der Waals surface area (Å²) in [6.45, 7) is 8.82. The second-order valence-corrected chi connectivity index (χ2v) is 9.63. The molecule has 0 amide bonds. The lowest BCUT2D eigenvalue weighted by Crippen LogP contribution is -2.49. The highest BCUT2D eigenvalue weighted by Gasteiger charge is 2.35. The summed E-state index contributed by atoms with van der Waals surface area (Å²) in [5.41, 5.74) is 4.50. The Hall–Kier alpha value is -3.42. The molecule has 6 nitrogen and oxygen atoms in total. The van der Waals surface area contributed by atoms with E-state index < -0.39 is 0 Å². The van der Waals surface area contributed by atoms with Gasteiger partial charge in [-0.15, -0.1) is 5.10 Å². The second-order valence-electron chi connectivity index (χ2n) is 9.63. The van der Waals surface area contributed by atoms with Crippen molar-refractivity contribution in [2.24, 2.45) is 5.92 Å². The average Bonchev–Trinajstić information content (AvgIpc) is 3.36. The first-order valence-electron chi connectivity index (χ1n) is 12.7. The largest absolute Gasteiger partial charge is 0.297 e. The Bertz CT molecular complexity index is 1230. The van der Waals surface area contributed by atoms with Crippen LogP contribution in [0.4, 0.5) is 4.39 Å². The van der Waals surface area contributed by atoms with Gasteiger partial charge in [-0.2, -0.15) is 4.68 Å². The van der Waals surface area contributed by atoms with Gasteiger partial charge in [0.1, 0.15) is 5.83 Å². The highest BCUT2D eigenvalue weighted by molar-refractivity contribution is 5.49. The molecule has 1 aliphatic heterocycles. The van der Waals surface area contributed by atoms with Crippen molar-refractivity contribution in [3.63, 3.8) is 0 Å². The second kappa shape index (κ2) is 11.1. The lowest BCUT2D eigenvalue weighted by atomic mass is 9.90. The minimum absolute atomic E-state index is 0.0402. The van der Waals surface area contributed by atoms with Gasteiger partial charge >= 0.3 is 0 Å². The van der Waals surface area contributed by atoms with Crippen LogP contribution in [0, 0.1) is 19.8 Å². The van der Waals surface area contributed by atoms with E-state index in [1.54, 1.807) is 12.2 Å². The minimum Gasteiger partial charge on any atom is -0.297 e. The number of rotatable bonds is 7. The van der Waals surface area contributed by atoms with Crippen LogP contribution in [-0.4, -0.2) is 62.7 Å². The molecule has 36 heavy (non-hydrogen) atoms. The zero-order valence-electron chi connectivity index (χ0n) is 21.0. The van der Waals surface area contributed by atoms with Crippen molar-refractivity contribution in [1.82, 2.24) is 30.0 Å². The Labute approximate surface area is 212 Å². The maximum atomic E-state index is 13.8. The number of nitrogens with zero attached hydrogens (tertiary/aromatic N) is 6. The fraction of sp³-hybridized carbons (Fsp3) is 0.345. The van der Waals surface area contributed by atoms with Gasteiger partial charge in [-0.05, 0) is 59.5 Å². The first kappa shape index (κ1) is 24.3. The Morgan fingerprint density at radius 1 is 1.00 bits per heavy atom. The van der Waals surface area contributed by atoms with Crippen LogP contribution in [0.1, 0.15) is 35.0 Å². The van der Waals surface area contributed by atoms with Crippen molar-refractivity contribution in [3.8, 4) is 5.69 Å². The number of para-hydroxylation sites is 1. The van der Waals surface area contributed by atoms with Crippen LogP contribution in [0.3, 0.4) is 0 Å². The lowest BCUT2D eigenvalue weighted by molar-refractivity contribution is 0.0783. The SMILES string of the molecule is Cc1cccc(C)c1-n1nnnc1[C@H](C1C=CC(F)=CC1)N1CCN(C/C=C/c2ccccc2)CC1. The van der Waals surface area contributed by atoms with Gasteiger partial charge in [0.05, 0.1) is 11.7 Å². The van der Waals surface area contributed by atoms with Gasteiger partial charge in [0.2, 0.25) is 0 Å². The molecule has 1 saturated heterocycles.